The standard InChI is InChI=1S/C88H133N13O20/c1-57-19-11-10-12-20-58(2)74(110-7)53-67-26-23-62(6)88(109,121-67)83(106)86(107)100-31-16-13-22-71(100)87(108)120-75(54-72(102)59(3)48-61(5)81(105)82(112-9)80(104)60(4)47-57)68(90)49-63-24-28-73(76(50-63)111-8)119-34-18-14-21-66-55-99(98-96-66)33-36-114-38-40-116-42-44-118-46-45-117-43-41-115-39-37-113-35-29-77(103)92-30-15-17-32-101-85-78(84(91)93-56-94-85)79(97-101)70-52-64-51-65(89)25-27-69(64)95-70/h10-12,19-20,25,27,48,51-52,55-57,59-60,62-63,67-68,71,73-76,81-82,95,105,109H,13-18,21-24,26,28-47,49-50,53-54,89-90H2,1-9H3,(H,92,103)(H2,91,93,94)/b12-10?,19-11+,58-20?,61-48+/t57-,59-,60-,62-,63+,67+,68-,71+,73-,74+,75+,76-,81-,82+,88-/m1/s1. The molecule has 0 radical (unpaired) electrons. The number of nitrogens with zero attached hydrogens (tertiary/aromatic N) is 8. The summed E-state index contributed by atoms with van der Waals surface area (Å²) in [4.78, 5) is 97.8. The Hall–Kier alpha value is -8.13. The van der Waals surface area contributed by atoms with E-state index in [4.69, 9.17) is 79.1 Å². The maximum Gasteiger partial charge on any atom is 0.329 e. The number of hydrogen-bond acceptors (Lipinski definition) is 28. The van der Waals surface area contributed by atoms with E-state index in [1.54, 1.807) is 52.7 Å². The predicted octanol–water partition coefficient (Wildman–Crippen LogP) is 8.05. The number of cyclic esters (lactones) is 1. The van der Waals surface area contributed by atoms with Gasteiger partial charge in [0.1, 0.15) is 48.0 Å². The number of carbonyl (C=O) groups is 6. The summed E-state index contributed by atoms with van der Waals surface area (Å²) in [5.74, 6) is -8.01. The quantitative estimate of drug-likeness (QED) is 0.00643. The number of esters is 1. The van der Waals surface area contributed by atoms with Crippen molar-refractivity contribution in [3.63, 3.8) is 0 Å². The van der Waals surface area contributed by atoms with Crippen LogP contribution in [0.15, 0.2) is 84.4 Å². The van der Waals surface area contributed by atoms with E-state index < -0.39 is 83.8 Å². The Labute approximate surface area is 710 Å². The third kappa shape index (κ3) is 29.2. The van der Waals surface area contributed by atoms with Crippen LogP contribution in [0.3, 0.4) is 0 Å². The normalized spacial score (nSPS) is 26.6. The van der Waals surface area contributed by atoms with Gasteiger partial charge in [-0.2, -0.15) is 5.10 Å². The Morgan fingerprint density at radius 2 is 1.47 bits per heavy atom. The van der Waals surface area contributed by atoms with Crippen LogP contribution < -0.4 is 22.5 Å². The summed E-state index contributed by atoms with van der Waals surface area (Å²) in [5.41, 5.74) is 25.2. The van der Waals surface area contributed by atoms with Crippen molar-refractivity contribution >= 4 is 68.6 Å². The molecular formula is C88H133N13O20. The van der Waals surface area contributed by atoms with Crippen LogP contribution in [0.1, 0.15) is 156 Å². The topological polar surface area (TPSA) is 437 Å². The number of ether oxygens (including phenoxy) is 12. The van der Waals surface area contributed by atoms with Crippen molar-refractivity contribution in [1.29, 1.82) is 0 Å². The highest BCUT2D eigenvalue weighted by Gasteiger charge is 2.53. The fraction of sp³-hybridized carbons (Fsp3) is 0.670. The number of H-pyrrole nitrogens is 1. The number of ketones is 3. The number of benzene rings is 1. The van der Waals surface area contributed by atoms with Crippen LogP contribution in [0.4, 0.5) is 11.5 Å². The molecule has 1 saturated carbocycles. The number of carbonyl (C=O) groups excluding carboxylic acids is 6. The number of aliphatic hydroxyl groups is 2. The summed E-state index contributed by atoms with van der Waals surface area (Å²) in [5, 5.41) is 41.9. The molecule has 33 heteroatoms. The molecule has 0 unspecified atom stereocenters. The summed E-state index contributed by atoms with van der Waals surface area (Å²) in [7, 11) is 4.59. The van der Waals surface area contributed by atoms with Crippen molar-refractivity contribution in [3.8, 4) is 11.4 Å². The molecule has 33 nitrogen and oxygen atoms in total. The van der Waals surface area contributed by atoms with Crippen molar-refractivity contribution in [2.24, 2.45) is 35.3 Å². The Bertz CT molecular complexity index is 4200. The number of hydrogen-bond donors (Lipinski definition) is 7. The van der Waals surface area contributed by atoms with Crippen LogP contribution in [-0.4, -0.2) is 271 Å². The average molecular weight is 1690 g/mol. The Kier molecular flexibility index (Phi) is 39.9. The molecule has 7 heterocycles. The van der Waals surface area contributed by atoms with E-state index in [1.165, 1.54) is 13.4 Å². The van der Waals surface area contributed by atoms with E-state index in [0.29, 0.717) is 191 Å². The smallest absolute Gasteiger partial charge is 0.329 e. The number of amides is 2. The number of rotatable bonds is 39. The van der Waals surface area contributed by atoms with E-state index >= 15 is 0 Å². The summed E-state index contributed by atoms with van der Waals surface area (Å²) < 4.78 is 74.0. The molecule has 2 bridgehead atoms. The highest BCUT2D eigenvalue weighted by atomic mass is 16.6. The summed E-state index contributed by atoms with van der Waals surface area (Å²) >= 11 is 0. The molecule has 4 aromatic heterocycles. The number of Topliss-reactive ketones (excluding diaryl/α,β-unsaturated/α-hetero) is 3. The number of allylic oxidation sites excluding steroid dienone is 6. The van der Waals surface area contributed by atoms with E-state index in [2.05, 4.69) is 30.6 Å². The maximum atomic E-state index is 14.7. The van der Waals surface area contributed by atoms with Gasteiger partial charge in [0.05, 0.1) is 127 Å². The SMILES string of the molecule is CO[C@H]1C[C@@H]2CC[C@@H](C)[C@@](O)(O2)C(=O)C(=O)N2CCCC[C@H]2C(=O)O[C@H]([C@H](N)C[C@@H]2CC[C@@H](OCCCCc3cn(CCOCCOCCOCCOCCOCCOCCC(=O)NCCCCn4nc(-c5cc6cc(N)ccc6[nH]5)c5c(N)ncnc54)nn3)[C@H](OC)C2)CC(=O)[C@H](C)/C=C(\C)[C@@H](O)[C@@H](OC)C(=O)[C@H](C)C[C@H](C)/C=C/C=CC=C1C. The first-order valence-corrected chi connectivity index (χ1v) is 43.2. The fourth-order valence-electron chi connectivity index (χ4n) is 16.2. The molecule has 5 aromatic rings. The second kappa shape index (κ2) is 50.0. The Balaban J connectivity index is 0.619. The minimum absolute atomic E-state index is 0.0138. The largest absolute Gasteiger partial charge is 0.459 e. The number of nitrogens with one attached hydrogen (secondary N) is 2. The summed E-state index contributed by atoms with van der Waals surface area (Å²) in [6.07, 6.45) is 18.1. The van der Waals surface area contributed by atoms with Crippen molar-refractivity contribution in [3.05, 3.63) is 90.1 Å². The molecule has 1 aromatic carbocycles. The van der Waals surface area contributed by atoms with Crippen molar-refractivity contribution in [2.75, 3.05) is 132 Å². The number of piperidine rings is 1. The zero-order valence-corrected chi connectivity index (χ0v) is 72.3. The van der Waals surface area contributed by atoms with Gasteiger partial charge in [0.2, 0.25) is 11.7 Å². The number of nitrogen functional groups attached to an aromatic ring is 2. The second-order valence-corrected chi connectivity index (χ2v) is 32.6. The number of aromatic nitrogens is 8. The first-order valence-electron chi connectivity index (χ1n) is 43.2. The van der Waals surface area contributed by atoms with Crippen LogP contribution in [0.25, 0.3) is 33.3 Å². The zero-order chi connectivity index (χ0) is 86.8. The molecule has 2 amide bonds. The highest BCUT2D eigenvalue weighted by molar-refractivity contribution is 6.39. The number of aryl methyl sites for hydroxylation is 2. The number of anilines is 2. The monoisotopic (exact) mass is 1690 g/mol. The van der Waals surface area contributed by atoms with E-state index in [-0.39, 0.29) is 80.4 Å². The minimum atomic E-state index is -2.48. The van der Waals surface area contributed by atoms with Crippen LogP contribution in [0.2, 0.25) is 0 Å². The summed E-state index contributed by atoms with van der Waals surface area (Å²) in [6, 6.07) is 5.56. The van der Waals surface area contributed by atoms with Gasteiger partial charge in [-0.3, -0.25) is 24.0 Å². The lowest BCUT2D eigenvalue weighted by molar-refractivity contribution is -0.265. The van der Waals surface area contributed by atoms with Gasteiger partial charge in [-0.1, -0.05) is 69.4 Å². The van der Waals surface area contributed by atoms with Gasteiger partial charge in [-0.25, -0.2) is 24.1 Å². The number of aromatic amines is 1. The van der Waals surface area contributed by atoms with Crippen LogP contribution in [0, 0.1) is 29.6 Å². The van der Waals surface area contributed by atoms with Gasteiger partial charge in [-0.15, -0.1) is 5.10 Å². The van der Waals surface area contributed by atoms with Gasteiger partial charge in [0, 0.05) is 113 Å². The lowest BCUT2D eigenvalue weighted by Crippen LogP contribution is -2.61. The lowest BCUT2D eigenvalue weighted by atomic mass is 9.80. The fourth-order valence-corrected chi connectivity index (χ4v) is 16.2. The molecule has 670 valence electrons. The van der Waals surface area contributed by atoms with E-state index in [1.807, 2.05) is 79.4 Å². The van der Waals surface area contributed by atoms with Crippen LogP contribution in [0.5, 0.6) is 0 Å². The lowest BCUT2D eigenvalue weighted by Gasteiger charge is -2.42. The molecular weight excluding hydrogens is 1560 g/mol. The molecule has 15 atom stereocenters. The van der Waals surface area contributed by atoms with Crippen molar-refractivity contribution in [2.45, 2.75) is 231 Å². The summed E-state index contributed by atoms with van der Waals surface area (Å²) in [6.45, 7) is 17.7. The Morgan fingerprint density at radius 1 is 0.752 bits per heavy atom. The number of methoxy groups -OCH3 is 3. The highest BCUT2D eigenvalue weighted by Crippen LogP contribution is 2.39. The van der Waals surface area contributed by atoms with Crippen molar-refractivity contribution in [1.82, 2.24) is 49.9 Å². The van der Waals surface area contributed by atoms with Crippen LogP contribution >= 0.6 is 0 Å². The predicted molar refractivity (Wildman–Crippen MR) is 454 cm³/mol. The zero-order valence-electron chi connectivity index (χ0n) is 72.3. The molecule has 121 heavy (non-hydrogen) atoms. The van der Waals surface area contributed by atoms with Gasteiger partial charge < -0.3 is 99.5 Å². The molecule has 2 saturated heterocycles. The third-order valence-corrected chi connectivity index (χ3v) is 23.3. The molecule has 3 fully saturated rings. The molecule has 10 N–H and O–H groups in total. The van der Waals surface area contributed by atoms with Gasteiger partial charge >= 0.3 is 5.97 Å². The molecule has 1 aliphatic carbocycles. The number of aliphatic hydroxyl groups excluding tert-OH is 1. The average Bonchev–Trinajstić information content (AvgIpc) is 1.68. The first kappa shape index (κ1) is 96.7. The van der Waals surface area contributed by atoms with Gasteiger partial charge in [-0.05, 0) is 157 Å². The van der Waals surface area contributed by atoms with E-state index in [9.17, 15) is 39.0 Å². The maximum absolute atomic E-state index is 14.7. The second-order valence-electron chi connectivity index (χ2n) is 32.6. The van der Waals surface area contributed by atoms with Gasteiger partial charge in [0.25, 0.3) is 11.7 Å². The number of nitrogens with two attached hydrogens (primary N) is 3. The molecule has 0 spiro atoms. The minimum Gasteiger partial charge on any atom is -0.459 e. The van der Waals surface area contributed by atoms with Crippen LogP contribution in [-0.2, 0) is 105 Å². The Morgan fingerprint density at radius 3 is 2.18 bits per heavy atom. The number of fused-ring (bicyclic) bond motifs is 5. The molecule has 3 aliphatic heterocycles. The van der Waals surface area contributed by atoms with E-state index in [0.717, 1.165) is 64.9 Å². The first-order chi connectivity index (χ1) is 58.4. The number of unbranched alkanes of at least 4 members (excludes halogenated alkanes) is 2. The molecule has 4 aliphatic rings. The molecule has 9 rings (SSSR count). The van der Waals surface area contributed by atoms with Crippen molar-refractivity contribution < 1.29 is 95.8 Å². The third-order valence-electron chi connectivity index (χ3n) is 23.3. The van der Waals surface area contributed by atoms with Gasteiger partial charge in [0.15, 0.2) is 11.4 Å².